The summed E-state index contributed by atoms with van der Waals surface area (Å²) in [6.07, 6.45) is -3.54. The maximum absolute atomic E-state index is 14.1. The number of nitrogens with one attached hydrogen (secondary N) is 1. The van der Waals surface area contributed by atoms with E-state index < -0.39 is 24.4 Å². The topological polar surface area (TPSA) is 55.8 Å². The van der Waals surface area contributed by atoms with E-state index in [1.807, 2.05) is 12.1 Å². The van der Waals surface area contributed by atoms with E-state index in [-0.39, 0.29) is 30.1 Å². The van der Waals surface area contributed by atoms with Gasteiger partial charge < -0.3 is 20.2 Å². The Hall–Kier alpha value is -2.74. The molecule has 8 heteroatoms. The summed E-state index contributed by atoms with van der Waals surface area (Å²) in [6.45, 7) is 4.84. The molecule has 2 unspecified atom stereocenters. The van der Waals surface area contributed by atoms with Gasteiger partial charge in [0.25, 0.3) is 0 Å². The Morgan fingerprint density at radius 2 is 1.74 bits per heavy atom. The lowest BCUT2D eigenvalue weighted by atomic mass is 9.83. The zero-order chi connectivity index (χ0) is 24.7. The number of amides is 2. The number of fused-ring (bicyclic) bond motifs is 1. The Labute approximate surface area is 198 Å². The molecule has 4 rings (SSSR count). The van der Waals surface area contributed by atoms with Gasteiger partial charge in [-0.2, -0.15) is 13.2 Å². The third kappa shape index (κ3) is 4.73. The Morgan fingerprint density at radius 1 is 1.12 bits per heavy atom. The van der Waals surface area contributed by atoms with Crippen molar-refractivity contribution in [2.75, 3.05) is 25.5 Å². The molecule has 0 radical (unpaired) electrons. The van der Waals surface area contributed by atoms with E-state index in [2.05, 4.69) is 31.3 Å². The summed E-state index contributed by atoms with van der Waals surface area (Å²) < 4.78 is 42.2. The van der Waals surface area contributed by atoms with E-state index in [1.165, 1.54) is 35.2 Å². The monoisotopic (exact) mass is 475 g/mol. The van der Waals surface area contributed by atoms with Gasteiger partial charge in [0.1, 0.15) is 0 Å². The quantitative estimate of drug-likeness (QED) is 0.646. The lowest BCUT2D eigenvalue weighted by Crippen LogP contribution is -2.49. The molecular formula is C26H32F3N3O2. The summed E-state index contributed by atoms with van der Waals surface area (Å²) in [4.78, 5) is 14.9. The average molecular weight is 476 g/mol. The first-order valence-electron chi connectivity index (χ1n) is 11.7. The van der Waals surface area contributed by atoms with E-state index in [0.717, 1.165) is 17.0 Å². The Balaban J connectivity index is 1.50. The van der Waals surface area contributed by atoms with Crippen molar-refractivity contribution in [3.05, 3.63) is 65.2 Å². The molecule has 2 aromatic rings. The van der Waals surface area contributed by atoms with Gasteiger partial charge in [0, 0.05) is 37.3 Å². The van der Waals surface area contributed by atoms with Crippen molar-refractivity contribution in [1.82, 2.24) is 9.80 Å². The van der Waals surface area contributed by atoms with Crippen LogP contribution in [0.4, 0.5) is 23.7 Å². The van der Waals surface area contributed by atoms with E-state index in [9.17, 15) is 23.1 Å². The minimum atomic E-state index is -4.62. The molecule has 2 N–H and O–H groups in total. The van der Waals surface area contributed by atoms with E-state index in [4.69, 9.17) is 0 Å². The SMILES string of the molecule is CN(C(=O)N1CCC(O)CC1)C(c1ccc(NC2Cc3ccccc3C2(C)C)cc1)C(F)(F)F. The number of alkyl halides is 3. The van der Waals surface area contributed by atoms with Crippen molar-refractivity contribution >= 4 is 11.7 Å². The molecule has 2 aromatic carbocycles. The van der Waals surface area contributed by atoms with Crippen LogP contribution < -0.4 is 5.32 Å². The lowest BCUT2D eigenvalue weighted by Gasteiger charge is -2.37. The zero-order valence-corrected chi connectivity index (χ0v) is 19.8. The number of rotatable bonds is 4. The van der Waals surface area contributed by atoms with Crippen LogP contribution in [0.25, 0.3) is 0 Å². The van der Waals surface area contributed by atoms with E-state index in [0.29, 0.717) is 12.8 Å². The molecule has 0 aromatic heterocycles. The van der Waals surface area contributed by atoms with Crippen LogP contribution in [0, 0.1) is 0 Å². The first-order chi connectivity index (χ1) is 16.0. The number of benzene rings is 2. The molecular weight excluding hydrogens is 443 g/mol. The van der Waals surface area contributed by atoms with Gasteiger partial charge in [0.2, 0.25) is 0 Å². The van der Waals surface area contributed by atoms with Gasteiger partial charge in [-0.15, -0.1) is 0 Å². The number of carbonyl (C=O) groups is 1. The molecule has 34 heavy (non-hydrogen) atoms. The molecule has 1 heterocycles. The second kappa shape index (κ2) is 9.13. The van der Waals surface area contributed by atoms with Gasteiger partial charge >= 0.3 is 12.2 Å². The van der Waals surface area contributed by atoms with Crippen LogP contribution in [0.3, 0.4) is 0 Å². The largest absolute Gasteiger partial charge is 0.413 e. The highest BCUT2D eigenvalue weighted by molar-refractivity contribution is 5.75. The third-order valence-electron chi connectivity index (χ3n) is 7.31. The molecule has 0 bridgehead atoms. The predicted molar refractivity (Wildman–Crippen MR) is 126 cm³/mol. The average Bonchev–Trinajstić information content (AvgIpc) is 3.04. The maximum atomic E-state index is 14.1. The van der Waals surface area contributed by atoms with Crippen molar-refractivity contribution in [3.63, 3.8) is 0 Å². The fourth-order valence-electron chi connectivity index (χ4n) is 5.21. The van der Waals surface area contributed by atoms with Gasteiger partial charge in [-0.3, -0.25) is 0 Å². The molecule has 1 saturated heterocycles. The van der Waals surface area contributed by atoms with Crippen LogP contribution in [0.5, 0.6) is 0 Å². The molecule has 2 atom stereocenters. The van der Waals surface area contributed by atoms with Crippen molar-refractivity contribution in [2.45, 2.75) is 62.9 Å². The van der Waals surface area contributed by atoms with Crippen molar-refractivity contribution in [1.29, 1.82) is 0 Å². The number of urea groups is 1. The summed E-state index contributed by atoms with van der Waals surface area (Å²) in [7, 11) is 1.19. The molecule has 2 amide bonds. The summed E-state index contributed by atoms with van der Waals surface area (Å²) >= 11 is 0. The van der Waals surface area contributed by atoms with Crippen molar-refractivity contribution < 1.29 is 23.1 Å². The van der Waals surface area contributed by atoms with E-state index in [1.54, 1.807) is 12.1 Å². The van der Waals surface area contributed by atoms with Crippen molar-refractivity contribution in [3.8, 4) is 0 Å². The van der Waals surface area contributed by atoms with Crippen LogP contribution in [0.15, 0.2) is 48.5 Å². The first-order valence-corrected chi connectivity index (χ1v) is 11.7. The highest BCUT2D eigenvalue weighted by Crippen LogP contribution is 2.41. The molecule has 1 fully saturated rings. The summed E-state index contributed by atoms with van der Waals surface area (Å²) in [5.41, 5.74) is 3.21. The second-order valence-corrected chi connectivity index (χ2v) is 9.96. The highest BCUT2D eigenvalue weighted by Gasteiger charge is 2.46. The summed E-state index contributed by atoms with van der Waals surface area (Å²) in [6, 6.07) is 11.9. The number of hydrogen-bond donors (Lipinski definition) is 2. The normalized spacial score (nSPS) is 21.1. The number of nitrogens with zero attached hydrogens (tertiary/aromatic N) is 2. The first kappa shape index (κ1) is 24.4. The Bertz CT molecular complexity index is 1010. The number of likely N-dealkylation sites (tertiary alicyclic amines) is 1. The minimum Gasteiger partial charge on any atom is -0.393 e. The molecule has 5 nitrogen and oxygen atoms in total. The highest BCUT2D eigenvalue weighted by atomic mass is 19.4. The van der Waals surface area contributed by atoms with Crippen LogP contribution in [-0.4, -0.2) is 59.4 Å². The van der Waals surface area contributed by atoms with Crippen LogP contribution in [-0.2, 0) is 11.8 Å². The van der Waals surface area contributed by atoms with Crippen LogP contribution >= 0.6 is 0 Å². The number of aliphatic hydroxyl groups is 1. The molecule has 1 aliphatic carbocycles. The van der Waals surface area contributed by atoms with Crippen LogP contribution in [0.1, 0.15) is 49.4 Å². The standard InChI is InChI=1S/C26H32F3N3O2/c1-25(2)21-7-5-4-6-18(21)16-22(25)30-19-10-8-17(9-11-19)23(26(27,28)29)31(3)24(34)32-14-12-20(33)13-15-32/h4-11,20,22-23,30,33H,12-16H2,1-3H3. The van der Waals surface area contributed by atoms with E-state index >= 15 is 0 Å². The number of carbonyl (C=O) groups excluding carboxylic acids is 1. The van der Waals surface area contributed by atoms with Gasteiger partial charge in [-0.25, -0.2) is 4.79 Å². The fraction of sp³-hybridized carbons (Fsp3) is 0.500. The third-order valence-corrected chi connectivity index (χ3v) is 7.31. The number of piperidine rings is 1. The number of anilines is 1. The van der Waals surface area contributed by atoms with Gasteiger partial charge in [-0.05, 0) is 48.1 Å². The van der Waals surface area contributed by atoms with Crippen LogP contribution in [0.2, 0.25) is 0 Å². The molecule has 0 spiro atoms. The van der Waals surface area contributed by atoms with Gasteiger partial charge in [0.05, 0.1) is 6.10 Å². The number of aliphatic hydroxyl groups excluding tert-OH is 1. The minimum absolute atomic E-state index is 0.0138. The molecule has 0 saturated carbocycles. The summed E-state index contributed by atoms with van der Waals surface area (Å²) in [5.74, 6) is 0. The Kier molecular flexibility index (Phi) is 6.55. The van der Waals surface area contributed by atoms with Gasteiger partial charge in [0.15, 0.2) is 6.04 Å². The smallest absolute Gasteiger partial charge is 0.393 e. The maximum Gasteiger partial charge on any atom is 0.413 e. The lowest BCUT2D eigenvalue weighted by molar-refractivity contribution is -0.177. The molecule has 184 valence electrons. The fourth-order valence-corrected chi connectivity index (χ4v) is 5.21. The predicted octanol–water partition coefficient (Wildman–Crippen LogP) is 5.11. The van der Waals surface area contributed by atoms with Gasteiger partial charge in [-0.1, -0.05) is 50.2 Å². The number of hydrogen-bond acceptors (Lipinski definition) is 3. The summed E-state index contributed by atoms with van der Waals surface area (Å²) in [5, 5.41) is 13.1. The number of halogens is 3. The zero-order valence-electron chi connectivity index (χ0n) is 19.8. The molecule has 2 aliphatic rings. The Morgan fingerprint density at radius 3 is 2.32 bits per heavy atom. The second-order valence-electron chi connectivity index (χ2n) is 9.96. The van der Waals surface area contributed by atoms with Crippen molar-refractivity contribution in [2.24, 2.45) is 0 Å². The molecule has 1 aliphatic heterocycles.